The highest BCUT2D eigenvalue weighted by Gasteiger charge is 2.03. The Hall–Kier alpha value is -1.19. The summed E-state index contributed by atoms with van der Waals surface area (Å²) in [6, 6.07) is 7.16. The molecule has 2 aromatic rings. The lowest BCUT2D eigenvalue weighted by Gasteiger charge is -2.12. The number of aliphatic imine (C=N–C) groups is 1. The van der Waals surface area contributed by atoms with Gasteiger partial charge >= 0.3 is 0 Å². The highest BCUT2D eigenvalue weighted by molar-refractivity contribution is 14.0. The van der Waals surface area contributed by atoms with E-state index < -0.39 is 0 Å². The van der Waals surface area contributed by atoms with Crippen molar-refractivity contribution < 1.29 is 4.74 Å². The van der Waals surface area contributed by atoms with Gasteiger partial charge in [-0.2, -0.15) is 5.10 Å². The molecule has 0 aliphatic carbocycles. The Balaban J connectivity index is 0.00000338. The molecule has 9 heteroatoms. The molecule has 144 valence electrons. The molecule has 0 saturated heterocycles. The van der Waals surface area contributed by atoms with Crippen molar-refractivity contribution in [3.05, 3.63) is 46.2 Å². The monoisotopic (exact) mass is 511 g/mol. The Kier molecular flexibility index (Phi) is 10.8. The Morgan fingerprint density at radius 3 is 2.73 bits per heavy atom. The maximum atomic E-state index is 6.08. The number of nitrogens with one attached hydrogen (secondary N) is 2. The largest absolute Gasteiger partial charge is 0.492 e. The van der Waals surface area contributed by atoms with Gasteiger partial charge in [-0.25, -0.2) is 4.99 Å². The molecule has 0 unspecified atom stereocenters. The highest BCUT2D eigenvalue weighted by Crippen LogP contribution is 2.27. The molecule has 26 heavy (non-hydrogen) atoms. The number of nitrogens with zero attached hydrogens (tertiary/aromatic N) is 3. The molecule has 0 amide bonds. The second kappa shape index (κ2) is 12.2. The Bertz CT molecular complexity index is 708. The number of halogens is 3. The average Bonchev–Trinajstić information content (AvgIpc) is 2.99. The number of rotatable bonds is 8. The summed E-state index contributed by atoms with van der Waals surface area (Å²) in [5.41, 5.74) is 1.05. The van der Waals surface area contributed by atoms with E-state index >= 15 is 0 Å². The molecule has 0 saturated carbocycles. The van der Waals surface area contributed by atoms with Crippen molar-refractivity contribution in [3.8, 4) is 5.75 Å². The van der Waals surface area contributed by atoms with E-state index in [9.17, 15) is 0 Å². The highest BCUT2D eigenvalue weighted by atomic mass is 127. The number of guanidine groups is 1. The van der Waals surface area contributed by atoms with E-state index in [0.717, 1.165) is 31.2 Å². The number of aromatic nitrogens is 2. The summed E-state index contributed by atoms with van der Waals surface area (Å²) in [6.45, 7) is 4.70. The molecule has 1 aromatic heterocycles. The first-order valence-electron chi connectivity index (χ1n) is 8.17. The van der Waals surface area contributed by atoms with Crippen LogP contribution >= 0.6 is 47.2 Å². The maximum Gasteiger partial charge on any atom is 0.191 e. The summed E-state index contributed by atoms with van der Waals surface area (Å²) in [4.78, 5) is 4.55. The van der Waals surface area contributed by atoms with Gasteiger partial charge in [-0.15, -0.1) is 24.0 Å². The lowest BCUT2D eigenvalue weighted by Crippen LogP contribution is -2.38. The summed E-state index contributed by atoms with van der Waals surface area (Å²) in [7, 11) is 1.91. The smallest absolute Gasteiger partial charge is 0.191 e. The minimum atomic E-state index is 0. The number of aryl methyl sites for hydroxylation is 1. The molecule has 1 aromatic carbocycles. The molecule has 0 atom stereocenters. The second-order valence-electron chi connectivity index (χ2n) is 5.34. The molecular weight excluding hydrogens is 488 g/mol. The molecule has 6 nitrogen and oxygen atoms in total. The average molecular weight is 512 g/mol. The van der Waals surface area contributed by atoms with Crippen molar-refractivity contribution in [3.63, 3.8) is 0 Å². The number of hydrogen-bond donors (Lipinski definition) is 2. The molecule has 0 aliphatic heterocycles. The lowest BCUT2D eigenvalue weighted by atomic mass is 10.3. The molecule has 0 fully saturated rings. The van der Waals surface area contributed by atoms with Gasteiger partial charge in [0.15, 0.2) is 5.96 Å². The first kappa shape index (κ1) is 22.9. The van der Waals surface area contributed by atoms with Crippen LogP contribution in [0.15, 0.2) is 35.5 Å². The van der Waals surface area contributed by atoms with Gasteiger partial charge in [0.05, 0.1) is 23.9 Å². The standard InChI is InChI=1S/C17H23Cl2N5O.HI/c1-3-20-17(22-12-14-7-9-23-24(14)2)21-8-4-10-25-16-6-5-13(18)11-15(16)19;/h5-7,9,11H,3-4,8,10,12H2,1-2H3,(H2,20,21,22);1H. The van der Waals surface area contributed by atoms with Crippen LogP contribution in [0.3, 0.4) is 0 Å². The van der Waals surface area contributed by atoms with Gasteiger partial charge in [0.2, 0.25) is 0 Å². The second-order valence-corrected chi connectivity index (χ2v) is 6.19. The van der Waals surface area contributed by atoms with E-state index in [1.54, 1.807) is 24.4 Å². The first-order chi connectivity index (χ1) is 12.1. The topological polar surface area (TPSA) is 63.5 Å². The van der Waals surface area contributed by atoms with Crippen molar-refractivity contribution in [2.24, 2.45) is 12.0 Å². The third kappa shape index (κ3) is 7.59. The van der Waals surface area contributed by atoms with E-state index in [2.05, 4.69) is 20.7 Å². The van der Waals surface area contributed by atoms with Crippen LogP contribution in [0.25, 0.3) is 0 Å². The molecular formula is C17H24Cl2IN5O. The number of hydrogen-bond acceptors (Lipinski definition) is 3. The van der Waals surface area contributed by atoms with Crippen LogP contribution in [0.4, 0.5) is 0 Å². The molecule has 2 rings (SSSR count). The minimum absolute atomic E-state index is 0. The SMILES string of the molecule is CCNC(=NCc1ccnn1C)NCCCOc1ccc(Cl)cc1Cl.I. The summed E-state index contributed by atoms with van der Waals surface area (Å²) < 4.78 is 7.48. The number of benzene rings is 1. The van der Waals surface area contributed by atoms with Gasteiger partial charge in [0, 0.05) is 31.4 Å². The van der Waals surface area contributed by atoms with E-state index in [0.29, 0.717) is 28.9 Å². The fourth-order valence-corrected chi connectivity index (χ4v) is 2.57. The summed E-state index contributed by atoms with van der Waals surface area (Å²) in [6.07, 6.45) is 2.58. The predicted octanol–water partition coefficient (Wildman–Crippen LogP) is 3.87. The first-order valence-corrected chi connectivity index (χ1v) is 8.92. The van der Waals surface area contributed by atoms with Crippen molar-refractivity contribution in [2.75, 3.05) is 19.7 Å². The van der Waals surface area contributed by atoms with Gasteiger partial charge in [0.1, 0.15) is 5.75 Å². The minimum Gasteiger partial charge on any atom is -0.492 e. The predicted molar refractivity (Wildman–Crippen MR) is 118 cm³/mol. The third-order valence-electron chi connectivity index (χ3n) is 3.43. The van der Waals surface area contributed by atoms with Crippen LogP contribution in [0.2, 0.25) is 10.0 Å². The van der Waals surface area contributed by atoms with Gasteiger partial charge in [-0.3, -0.25) is 4.68 Å². The van der Waals surface area contributed by atoms with Crippen molar-refractivity contribution in [2.45, 2.75) is 19.9 Å². The fraction of sp³-hybridized carbons (Fsp3) is 0.412. The van der Waals surface area contributed by atoms with Gasteiger partial charge in [-0.05, 0) is 37.6 Å². The third-order valence-corrected chi connectivity index (χ3v) is 3.96. The lowest BCUT2D eigenvalue weighted by molar-refractivity contribution is 0.311. The molecule has 0 spiro atoms. The summed E-state index contributed by atoms with van der Waals surface area (Å²) in [5, 5.41) is 11.8. The van der Waals surface area contributed by atoms with Crippen LogP contribution < -0.4 is 15.4 Å². The van der Waals surface area contributed by atoms with Gasteiger partial charge < -0.3 is 15.4 Å². The van der Waals surface area contributed by atoms with Crippen LogP contribution in [-0.2, 0) is 13.6 Å². The normalized spacial score (nSPS) is 11.0. The van der Waals surface area contributed by atoms with Crippen LogP contribution in [0, 0.1) is 0 Å². The van der Waals surface area contributed by atoms with Gasteiger partial charge in [0.25, 0.3) is 0 Å². The molecule has 0 bridgehead atoms. The Morgan fingerprint density at radius 2 is 2.08 bits per heavy atom. The van der Waals surface area contributed by atoms with Crippen LogP contribution in [0.5, 0.6) is 5.75 Å². The molecule has 0 radical (unpaired) electrons. The van der Waals surface area contributed by atoms with Crippen molar-refractivity contribution in [1.29, 1.82) is 0 Å². The zero-order valence-corrected chi connectivity index (χ0v) is 18.7. The van der Waals surface area contributed by atoms with Gasteiger partial charge in [-0.1, -0.05) is 23.2 Å². The Morgan fingerprint density at radius 1 is 1.27 bits per heavy atom. The zero-order valence-electron chi connectivity index (χ0n) is 14.8. The molecule has 1 heterocycles. The number of ether oxygens (including phenoxy) is 1. The Labute approximate surface area is 181 Å². The molecule has 0 aliphatic rings. The van der Waals surface area contributed by atoms with E-state index in [1.807, 2.05) is 24.7 Å². The fourth-order valence-electron chi connectivity index (χ4n) is 2.11. The zero-order chi connectivity index (χ0) is 18.1. The van der Waals surface area contributed by atoms with Crippen molar-refractivity contribution in [1.82, 2.24) is 20.4 Å². The van der Waals surface area contributed by atoms with Crippen LogP contribution in [0.1, 0.15) is 19.0 Å². The van der Waals surface area contributed by atoms with E-state index in [-0.39, 0.29) is 24.0 Å². The molecule has 2 N–H and O–H groups in total. The van der Waals surface area contributed by atoms with Crippen molar-refractivity contribution >= 4 is 53.1 Å². The quantitative estimate of drug-likeness (QED) is 0.244. The maximum absolute atomic E-state index is 6.08. The van der Waals surface area contributed by atoms with Crippen LogP contribution in [-0.4, -0.2) is 35.4 Å². The summed E-state index contributed by atoms with van der Waals surface area (Å²) in [5.74, 6) is 1.41. The van der Waals surface area contributed by atoms with E-state index in [4.69, 9.17) is 27.9 Å². The summed E-state index contributed by atoms with van der Waals surface area (Å²) >= 11 is 11.9. The van der Waals surface area contributed by atoms with E-state index in [1.165, 1.54) is 0 Å².